The Bertz CT molecular complexity index is 886. The van der Waals surface area contributed by atoms with E-state index in [9.17, 15) is 4.79 Å². The number of ether oxygens (including phenoxy) is 1. The zero-order chi connectivity index (χ0) is 19.7. The van der Waals surface area contributed by atoms with Crippen molar-refractivity contribution in [3.63, 3.8) is 0 Å². The number of anilines is 2. The fourth-order valence-electron chi connectivity index (χ4n) is 4.31. The standard InChI is InChI=1S/C24H28N2O2/c1-4-14-28-24(27)17-10-13-22-21(15-17)19-6-5-7-20(19)23(25-22)16-8-11-18(12-9-16)26(2)3/h5-6,8-13,15,19-20,23,25H,4,7,14H2,1-3H3. The molecule has 0 bridgehead atoms. The maximum atomic E-state index is 12.3. The van der Waals surface area contributed by atoms with Gasteiger partial charge >= 0.3 is 5.97 Å². The Labute approximate surface area is 167 Å². The minimum absolute atomic E-state index is 0.232. The van der Waals surface area contributed by atoms with Crippen molar-refractivity contribution in [3.8, 4) is 0 Å². The van der Waals surface area contributed by atoms with Gasteiger partial charge in [0.25, 0.3) is 0 Å². The number of carbonyl (C=O) groups excluding carboxylic acids is 1. The van der Waals surface area contributed by atoms with Crippen LogP contribution in [0, 0.1) is 5.92 Å². The molecular weight excluding hydrogens is 348 g/mol. The summed E-state index contributed by atoms with van der Waals surface area (Å²) in [4.78, 5) is 14.4. The van der Waals surface area contributed by atoms with Gasteiger partial charge in [0.05, 0.1) is 18.2 Å². The van der Waals surface area contributed by atoms with E-state index in [-0.39, 0.29) is 12.0 Å². The van der Waals surface area contributed by atoms with Crippen LogP contribution in [-0.4, -0.2) is 26.7 Å². The first-order chi connectivity index (χ1) is 13.6. The summed E-state index contributed by atoms with van der Waals surface area (Å²) >= 11 is 0. The monoisotopic (exact) mass is 376 g/mol. The van der Waals surface area contributed by atoms with Gasteiger partial charge in [-0.2, -0.15) is 0 Å². The van der Waals surface area contributed by atoms with Gasteiger partial charge in [-0.05, 0) is 60.2 Å². The van der Waals surface area contributed by atoms with Gasteiger partial charge in [-0.3, -0.25) is 0 Å². The smallest absolute Gasteiger partial charge is 0.338 e. The van der Waals surface area contributed by atoms with Gasteiger partial charge in [-0.25, -0.2) is 4.79 Å². The number of fused-ring (bicyclic) bond motifs is 3. The predicted molar refractivity (Wildman–Crippen MR) is 114 cm³/mol. The molecule has 0 saturated carbocycles. The van der Waals surface area contributed by atoms with Gasteiger partial charge in [0.1, 0.15) is 0 Å². The third kappa shape index (κ3) is 3.39. The van der Waals surface area contributed by atoms with Crippen LogP contribution in [0.3, 0.4) is 0 Å². The quantitative estimate of drug-likeness (QED) is 0.579. The van der Waals surface area contributed by atoms with E-state index in [2.05, 4.69) is 60.7 Å². The average molecular weight is 377 g/mol. The van der Waals surface area contributed by atoms with Crippen LogP contribution in [-0.2, 0) is 4.74 Å². The minimum Gasteiger partial charge on any atom is -0.462 e. The molecule has 4 heteroatoms. The van der Waals surface area contributed by atoms with Crippen molar-refractivity contribution in [2.24, 2.45) is 5.92 Å². The summed E-state index contributed by atoms with van der Waals surface area (Å²) in [5.41, 5.74) is 5.46. The summed E-state index contributed by atoms with van der Waals surface area (Å²) in [6.07, 6.45) is 6.45. The number of esters is 1. The molecule has 1 N–H and O–H groups in total. The number of hydrogen-bond acceptors (Lipinski definition) is 4. The Kier molecular flexibility index (Phi) is 5.12. The maximum Gasteiger partial charge on any atom is 0.338 e. The molecule has 2 aromatic rings. The van der Waals surface area contributed by atoms with Crippen molar-refractivity contribution in [2.75, 3.05) is 30.9 Å². The first-order valence-electron chi connectivity index (χ1n) is 10.1. The highest BCUT2D eigenvalue weighted by molar-refractivity contribution is 5.90. The van der Waals surface area contributed by atoms with E-state index in [1.807, 2.05) is 25.1 Å². The van der Waals surface area contributed by atoms with Crippen LogP contribution in [0.15, 0.2) is 54.6 Å². The molecule has 3 atom stereocenters. The summed E-state index contributed by atoms with van der Waals surface area (Å²) < 4.78 is 5.32. The van der Waals surface area contributed by atoms with Crippen molar-refractivity contribution >= 4 is 17.3 Å². The molecule has 1 heterocycles. The van der Waals surface area contributed by atoms with Crippen molar-refractivity contribution < 1.29 is 9.53 Å². The van der Waals surface area contributed by atoms with E-state index in [1.165, 1.54) is 16.8 Å². The Morgan fingerprint density at radius 3 is 2.68 bits per heavy atom. The summed E-state index contributed by atoms with van der Waals surface area (Å²) in [6.45, 7) is 2.47. The lowest BCUT2D eigenvalue weighted by Crippen LogP contribution is -2.29. The van der Waals surface area contributed by atoms with Crippen LogP contribution >= 0.6 is 0 Å². The molecule has 2 aromatic carbocycles. The van der Waals surface area contributed by atoms with Crippen LogP contribution in [0.1, 0.15) is 53.2 Å². The SMILES string of the molecule is CCCOC(=O)c1ccc2c(c1)C1C=CCC1C(c1ccc(N(C)C)cc1)N2. The number of carbonyl (C=O) groups is 1. The molecule has 28 heavy (non-hydrogen) atoms. The molecule has 0 fully saturated rings. The van der Waals surface area contributed by atoms with Crippen LogP contribution in [0.25, 0.3) is 0 Å². The Hall–Kier alpha value is -2.75. The normalized spacial score (nSPS) is 22.2. The highest BCUT2D eigenvalue weighted by atomic mass is 16.5. The van der Waals surface area contributed by atoms with Crippen molar-refractivity contribution in [3.05, 3.63) is 71.3 Å². The number of benzene rings is 2. The third-order valence-electron chi connectivity index (χ3n) is 5.80. The number of allylic oxidation sites excluding steroid dienone is 2. The number of nitrogens with one attached hydrogen (secondary N) is 1. The third-order valence-corrected chi connectivity index (χ3v) is 5.80. The molecule has 146 valence electrons. The highest BCUT2D eigenvalue weighted by Crippen LogP contribution is 2.50. The largest absolute Gasteiger partial charge is 0.462 e. The second-order valence-corrected chi connectivity index (χ2v) is 7.90. The molecule has 4 rings (SSSR count). The van der Waals surface area contributed by atoms with Gasteiger partial charge in [-0.1, -0.05) is 31.2 Å². The number of hydrogen-bond donors (Lipinski definition) is 1. The molecule has 0 aromatic heterocycles. The molecule has 0 radical (unpaired) electrons. The van der Waals surface area contributed by atoms with Gasteiger partial charge in [0.15, 0.2) is 0 Å². The number of rotatable bonds is 5. The molecule has 0 spiro atoms. The summed E-state index contributed by atoms with van der Waals surface area (Å²) in [5.74, 6) is 0.554. The lowest BCUT2D eigenvalue weighted by molar-refractivity contribution is 0.0505. The van der Waals surface area contributed by atoms with Crippen molar-refractivity contribution in [1.82, 2.24) is 0 Å². The van der Waals surface area contributed by atoms with Gasteiger partial charge in [-0.15, -0.1) is 0 Å². The van der Waals surface area contributed by atoms with E-state index in [1.54, 1.807) is 0 Å². The molecule has 4 nitrogen and oxygen atoms in total. The Balaban J connectivity index is 1.63. The first-order valence-corrected chi connectivity index (χ1v) is 10.1. The van der Waals surface area contributed by atoms with Crippen LogP contribution in [0.2, 0.25) is 0 Å². The molecule has 0 amide bonds. The van der Waals surface area contributed by atoms with Crippen molar-refractivity contribution in [1.29, 1.82) is 0 Å². The molecule has 1 aliphatic carbocycles. The molecule has 1 aliphatic heterocycles. The fraction of sp³-hybridized carbons (Fsp3) is 0.375. The zero-order valence-corrected chi connectivity index (χ0v) is 16.8. The van der Waals surface area contributed by atoms with Crippen LogP contribution in [0.4, 0.5) is 11.4 Å². The molecule has 2 aliphatic rings. The van der Waals surface area contributed by atoms with Gasteiger partial charge < -0.3 is 15.0 Å². The Morgan fingerprint density at radius 2 is 1.96 bits per heavy atom. The highest BCUT2D eigenvalue weighted by Gasteiger charge is 2.38. The van der Waals surface area contributed by atoms with E-state index < -0.39 is 0 Å². The van der Waals surface area contributed by atoms with E-state index in [0.717, 1.165) is 18.5 Å². The first kappa shape index (κ1) is 18.6. The van der Waals surface area contributed by atoms with Crippen LogP contribution in [0.5, 0.6) is 0 Å². The second kappa shape index (κ2) is 7.70. The average Bonchev–Trinajstić information content (AvgIpc) is 3.21. The zero-order valence-electron chi connectivity index (χ0n) is 16.8. The molecule has 0 saturated heterocycles. The minimum atomic E-state index is -0.232. The molecular formula is C24H28N2O2. The topological polar surface area (TPSA) is 41.6 Å². The Morgan fingerprint density at radius 1 is 1.18 bits per heavy atom. The van der Waals surface area contributed by atoms with E-state index in [0.29, 0.717) is 24.0 Å². The lowest BCUT2D eigenvalue weighted by Gasteiger charge is -2.37. The number of nitrogens with zero attached hydrogens (tertiary/aromatic N) is 1. The van der Waals surface area contributed by atoms with Gasteiger partial charge in [0.2, 0.25) is 0 Å². The van der Waals surface area contributed by atoms with E-state index in [4.69, 9.17) is 4.74 Å². The molecule has 3 unspecified atom stereocenters. The van der Waals surface area contributed by atoms with Gasteiger partial charge in [0, 0.05) is 31.4 Å². The van der Waals surface area contributed by atoms with Crippen molar-refractivity contribution in [2.45, 2.75) is 31.7 Å². The maximum absolute atomic E-state index is 12.3. The van der Waals surface area contributed by atoms with E-state index >= 15 is 0 Å². The second-order valence-electron chi connectivity index (χ2n) is 7.90. The summed E-state index contributed by atoms with van der Waals surface area (Å²) in [7, 11) is 4.12. The lowest BCUT2D eigenvalue weighted by atomic mass is 9.76. The fourth-order valence-corrected chi connectivity index (χ4v) is 4.31. The predicted octanol–water partition coefficient (Wildman–Crippen LogP) is 5.15. The summed E-state index contributed by atoms with van der Waals surface area (Å²) in [6, 6.07) is 15.0. The van der Waals surface area contributed by atoms with Crippen LogP contribution < -0.4 is 10.2 Å². The summed E-state index contributed by atoms with van der Waals surface area (Å²) in [5, 5.41) is 3.74.